The molecular formula is C10H23N3S. The van der Waals surface area contributed by atoms with Crippen LogP contribution in [0.4, 0.5) is 0 Å². The van der Waals surface area contributed by atoms with Crippen LogP contribution >= 0.6 is 11.8 Å². The number of hydrogen-bond acceptors (Lipinski definition) is 3. The molecule has 14 heavy (non-hydrogen) atoms. The molecule has 4 heteroatoms. The smallest absolute Gasteiger partial charge is 0.0947 e. The Bertz CT molecular complexity index is 173. The third kappa shape index (κ3) is 5.50. The summed E-state index contributed by atoms with van der Waals surface area (Å²) in [6.07, 6.45) is 3.33. The van der Waals surface area contributed by atoms with Crippen LogP contribution in [0.25, 0.3) is 0 Å². The van der Waals surface area contributed by atoms with Crippen molar-refractivity contribution in [2.75, 3.05) is 25.6 Å². The van der Waals surface area contributed by atoms with Crippen molar-refractivity contribution in [1.29, 1.82) is 5.41 Å². The molecule has 0 heterocycles. The van der Waals surface area contributed by atoms with E-state index >= 15 is 0 Å². The zero-order valence-electron chi connectivity index (χ0n) is 9.71. The average molecular weight is 217 g/mol. The third-order valence-electron chi connectivity index (χ3n) is 2.58. The lowest BCUT2D eigenvalue weighted by Gasteiger charge is -2.26. The minimum absolute atomic E-state index is 0.164. The van der Waals surface area contributed by atoms with Crippen molar-refractivity contribution >= 4 is 17.6 Å². The van der Waals surface area contributed by atoms with Gasteiger partial charge in [0.25, 0.3) is 0 Å². The number of nitrogens with zero attached hydrogens (tertiary/aromatic N) is 1. The van der Waals surface area contributed by atoms with Gasteiger partial charge in [0.1, 0.15) is 0 Å². The van der Waals surface area contributed by atoms with Crippen LogP contribution in [0.3, 0.4) is 0 Å². The monoisotopic (exact) mass is 217 g/mol. The first-order valence-corrected chi connectivity index (χ1v) is 6.41. The number of nitrogens with two attached hydrogens (primary N) is 1. The molecule has 0 amide bonds. The highest BCUT2D eigenvalue weighted by atomic mass is 32.2. The Labute approximate surface area is 91.9 Å². The number of nitrogens with one attached hydrogen (secondary N) is 1. The Kier molecular flexibility index (Phi) is 7.01. The molecule has 0 aromatic rings. The molecular weight excluding hydrogens is 194 g/mol. The van der Waals surface area contributed by atoms with Crippen LogP contribution in [0, 0.1) is 11.3 Å². The molecule has 84 valence electrons. The van der Waals surface area contributed by atoms with Gasteiger partial charge in [0.05, 0.1) is 5.84 Å². The minimum Gasteiger partial charge on any atom is -0.387 e. The summed E-state index contributed by atoms with van der Waals surface area (Å²) in [5.74, 6) is 1.64. The average Bonchev–Trinajstić information content (AvgIpc) is 2.13. The lowest BCUT2D eigenvalue weighted by molar-refractivity contribution is 0.239. The summed E-state index contributed by atoms with van der Waals surface area (Å²) in [6, 6.07) is 0.573. The number of amidine groups is 1. The quantitative estimate of drug-likeness (QED) is 0.503. The van der Waals surface area contributed by atoms with E-state index in [1.807, 2.05) is 18.7 Å². The van der Waals surface area contributed by atoms with Crippen molar-refractivity contribution in [3.05, 3.63) is 0 Å². The molecule has 0 aliphatic rings. The predicted octanol–water partition coefficient (Wildman–Crippen LogP) is 1.63. The van der Waals surface area contributed by atoms with Crippen LogP contribution in [-0.2, 0) is 0 Å². The lowest BCUT2D eigenvalue weighted by Crippen LogP contribution is -2.37. The van der Waals surface area contributed by atoms with Crippen LogP contribution in [0.1, 0.15) is 20.3 Å². The van der Waals surface area contributed by atoms with Gasteiger partial charge in [-0.1, -0.05) is 6.92 Å². The number of thioether (sulfide) groups is 1. The summed E-state index contributed by atoms with van der Waals surface area (Å²) in [4.78, 5) is 2.28. The van der Waals surface area contributed by atoms with Gasteiger partial charge < -0.3 is 10.6 Å². The molecule has 0 aliphatic carbocycles. The zero-order valence-corrected chi connectivity index (χ0v) is 10.5. The minimum atomic E-state index is 0.164. The summed E-state index contributed by atoms with van der Waals surface area (Å²) >= 11 is 1.88. The molecule has 0 aromatic heterocycles. The van der Waals surface area contributed by atoms with Crippen molar-refractivity contribution in [2.45, 2.75) is 26.3 Å². The Morgan fingerprint density at radius 1 is 1.50 bits per heavy atom. The van der Waals surface area contributed by atoms with E-state index in [2.05, 4.69) is 25.1 Å². The fraction of sp³-hybridized carbons (Fsp3) is 0.900. The Hall–Kier alpha value is -0.220. The largest absolute Gasteiger partial charge is 0.387 e. The topological polar surface area (TPSA) is 53.1 Å². The highest BCUT2D eigenvalue weighted by Gasteiger charge is 2.13. The molecule has 0 aliphatic heterocycles. The van der Waals surface area contributed by atoms with Gasteiger partial charge in [-0.3, -0.25) is 5.41 Å². The Balaban J connectivity index is 3.81. The fourth-order valence-electron chi connectivity index (χ4n) is 1.22. The first-order chi connectivity index (χ1) is 6.49. The van der Waals surface area contributed by atoms with Crippen molar-refractivity contribution in [2.24, 2.45) is 11.7 Å². The number of hydrogen-bond donors (Lipinski definition) is 2. The predicted molar refractivity (Wildman–Crippen MR) is 66.2 cm³/mol. The molecule has 2 unspecified atom stereocenters. The van der Waals surface area contributed by atoms with E-state index in [-0.39, 0.29) is 11.8 Å². The first-order valence-electron chi connectivity index (χ1n) is 5.02. The zero-order chi connectivity index (χ0) is 11.1. The maximum absolute atomic E-state index is 7.32. The van der Waals surface area contributed by atoms with E-state index in [0.717, 1.165) is 6.54 Å². The molecule has 0 rings (SSSR count). The van der Waals surface area contributed by atoms with Gasteiger partial charge in [0, 0.05) is 18.5 Å². The van der Waals surface area contributed by atoms with E-state index in [0.29, 0.717) is 6.04 Å². The maximum Gasteiger partial charge on any atom is 0.0947 e. The molecule has 0 saturated carbocycles. The van der Waals surface area contributed by atoms with Gasteiger partial charge in [-0.2, -0.15) is 11.8 Å². The van der Waals surface area contributed by atoms with Crippen molar-refractivity contribution in [1.82, 2.24) is 4.90 Å². The van der Waals surface area contributed by atoms with Crippen molar-refractivity contribution < 1.29 is 0 Å². The first kappa shape index (κ1) is 13.8. The summed E-state index contributed by atoms with van der Waals surface area (Å²) in [6.45, 7) is 5.11. The Morgan fingerprint density at radius 2 is 2.07 bits per heavy atom. The molecule has 0 aromatic carbocycles. The summed E-state index contributed by atoms with van der Waals surface area (Å²) in [5, 5.41) is 7.32. The van der Waals surface area contributed by atoms with Crippen LogP contribution in [0.2, 0.25) is 0 Å². The van der Waals surface area contributed by atoms with Crippen molar-refractivity contribution in [3.63, 3.8) is 0 Å². The third-order valence-corrected chi connectivity index (χ3v) is 3.23. The van der Waals surface area contributed by atoms with Gasteiger partial charge in [-0.05, 0) is 32.4 Å². The normalized spacial score (nSPS) is 15.5. The van der Waals surface area contributed by atoms with E-state index < -0.39 is 0 Å². The molecule has 3 N–H and O–H groups in total. The van der Waals surface area contributed by atoms with E-state index in [1.54, 1.807) is 0 Å². The second-order valence-corrected chi connectivity index (χ2v) is 4.91. The molecule has 0 bridgehead atoms. The van der Waals surface area contributed by atoms with Crippen LogP contribution in [0.15, 0.2) is 0 Å². The van der Waals surface area contributed by atoms with Crippen LogP contribution in [0.5, 0.6) is 0 Å². The summed E-state index contributed by atoms with van der Waals surface area (Å²) in [5.41, 5.74) is 5.44. The fourth-order valence-corrected chi connectivity index (χ4v) is 1.80. The standard InChI is InChI=1S/C10H23N3S/c1-8(10(11)12)7-13(3)9(2)5-6-14-4/h8-9H,5-7H2,1-4H3,(H3,11,12). The molecule has 0 fully saturated rings. The highest BCUT2D eigenvalue weighted by Crippen LogP contribution is 2.08. The molecule has 0 radical (unpaired) electrons. The van der Waals surface area contributed by atoms with Crippen LogP contribution in [-0.4, -0.2) is 42.4 Å². The summed E-state index contributed by atoms with van der Waals surface area (Å²) < 4.78 is 0. The van der Waals surface area contributed by atoms with Gasteiger partial charge in [-0.25, -0.2) is 0 Å². The van der Waals surface area contributed by atoms with E-state index in [9.17, 15) is 0 Å². The van der Waals surface area contributed by atoms with E-state index in [4.69, 9.17) is 11.1 Å². The van der Waals surface area contributed by atoms with Gasteiger partial charge >= 0.3 is 0 Å². The second-order valence-electron chi connectivity index (χ2n) is 3.93. The van der Waals surface area contributed by atoms with Gasteiger partial charge in [0.2, 0.25) is 0 Å². The SMILES string of the molecule is CSCCC(C)N(C)CC(C)C(=N)N. The maximum atomic E-state index is 7.32. The molecule has 0 spiro atoms. The molecule has 0 saturated heterocycles. The van der Waals surface area contributed by atoms with Crippen LogP contribution < -0.4 is 5.73 Å². The van der Waals surface area contributed by atoms with Gasteiger partial charge in [-0.15, -0.1) is 0 Å². The Morgan fingerprint density at radius 3 is 2.50 bits per heavy atom. The lowest BCUT2D eigenvalue weighted by atomic mass is 10.1. The van der Waals surface area contributed by atoms with E-state index in [1.165, 1.54) is 12.2 Å². The molecule has 2 atom stereocenters. The summed E-state index contributed by atoms with van der Waals surface area (Å²) in [7, 11) is 2.10. The second kappa shape index (κ2) is 7.12. The number of rotatable bonds is 7. The van der Waals surface area contributed by atoms with Crippen molar-refractivity contribution in [3.8, 4) is 0 Å². The highest BCUT2D eigenvalue weighted by molar-refractivity contribution is 7.98. The van der Waals surface area contributed by atoms with Gasteiger partial charge in [0.15, 0.2) is 0 Å². The molecule has 3 nitrogen and oxygen atoms in total.